The summed E-state index contributed by atoms with van der Waals surface area (Å²) >= 11 is 0. The van der Waals surface area contributed by atoms with Gasteiger partial charge in [-0.25, -0.2) is 0 Å². The second kappa shape index (κ2) is 11.7. The molecule has 5 nitrogen and oxygen atoms in total. The van der Waals surface area contributed by atoms with Crippen LogP contribution in [0.3, 0.4) is 0 Å². The van der Waals surface area contributed by atoms with E-state index in [0.717, 1.165) is 25.0 Å². The molecule has 0 bridgehead atoms. The molecule has 0 aromatic rings. The van der Waals surface area contributed by atoms with Crippen LogP contribution in [0.15, 0.2) is 4.99 Å². The maximum atomic E-state index is 4.34. The molecule has 1 aliphatic rings. The van der Waals surface area contributed by atoms with Gasteiger partial charge in [0.2, 0.25) is 0 Å². The molecule has 2 N–H and O–H groups in total. The third-order valence-electron chi connectivity index (χ3n) is 5.04. The fraction of sp³-hybridized carbons (Fsp3) is 0.944. The molecule has 1 unspecified atom stereocenters. The Balaban J connectivity index is 2.22. The van der Waals surface area contributed by atoms with Crippen LogP contribution in [0.1, 0.15) is 40.5 Å². The van der Waals surface area contributed by atoms with Crippen LogP contribution >= 0.6 is 0 Å². The first-order chi connectivity index (χ1) is 11.1. The number of aliphatic imine (C=N–C) groups is 1. The number of likely N-dealkylation sites (N-methyl/N-ethyl adjacent to an activating group) is 1. The molecule has 1 aliphatic heterocycles. The molecule has 0 aliphatic carbocycles. The predicted octanol–water partition coefficient (Wildman–Crippen LogP) is 1.86. The van der Waals surface area contributed by atoms with Crippen LogP contribution in [0.2, 0.25) is 0 Å². The zero-order chi connectivity index (χ0) is 17.1. The Morgan fingerprint density at radius 3 is 2.04 bits per heavy atom. The van der Waals surface area contributed by atoms with Crippen molar-refractivity contribution in [2.24, 2.45) is 16.8 Å². The van der Waals surface area contributed by atoms with Crippen molar-refractivity contribution < 1.29 is 0 Å². The lowest BCUT2D eigenvalue weighted by atomic mass is 10.0. The molecule has 0 radical (unpaired) electrons. The van der Waals surface area contributed by atoms with Crippen LogP contribution in [0.5, 0.6) is 0 Å². The summed E-state index contributed by atoms with van der Waals surface area (Å²) in [6.45, 7) is 18.3. The van der Waals surface area contributed by atoms with Crippen LogP contribution < -0.4 is 10.6 Å². The molecule has 5 heteroatoms. The van der Waals surface area contributed by atoms with E-state index >= 15 is 0 Å². The standard InChI is InChI=1S/C18H39N5/c1-6-17(7-2)14-21-18(19-5)20-13-16(4)15-23-11-9-22(8-3)10-12-23/h16-17H,6-15H2,1-5H3,(H2,19,20,21). The normalized spacial score (nSPS) is 19.1. The molecule has 1 atom stereocenters. The van der Waals surface area contributed by atoms with E-state index in [-0.39, 0.29) is 0 Å². The van der Waals surface area contributed by atoms with Crippen LogP contribution in [-0.4, -0.2) is 75.2 Å². The predicted molar refractivity (Wildman–Crippen MR) is 101 cm³/mol. The summed E-state index contributed by atoms with van der Waals surface area (Å²) in [6.07, 6.45) is 2.45. The van der Waals surface area contributed by atoms with Gasteiger partial charge in [-0.05, 0) is 18.4 Å². The quantitative estimate of drug-likeness (QED) is 0.502. The zero-order valence-corrected chi connectivity index (χ0v) is 16.1. The molecule has 0 aromatic heterocycles. The van der Waals surface area contributed by atoms with Gasteiger partial charge in [-0.15, -0.1) is 0 Å². The third kappa shape index (κ3) is 8.02. The maximum Gasteiger partial charge on any atom is 0.190 e. The lowest BCUT2D eigenvalue weighted by Gasteiger charge is -2.35. The summed E-state index contributed by atoms with van der Waals surface area (Å²) in [5.41, 5.74) is 0. The minimum Gasteiger partial charge on any atom is -0.356 e. The molecule has 0 saturated carbocycles. The van der Waals surface area contributed by atoms with Gasteiger partial charge in [0, 0.05) is 52.9 Å². The largest absolute Gasteiger partial charge is 0.356 e. The maximum absolute atomic E-state index is 4.34. The second-order valence-electron chi connectivity index (χ2n) is 6.86. The molecular formula is C18H39N5. The summed E-state index contributed by atoms with van der Waals surface area (Å²) in [7, 11) is 1.86. The molecule has 136 valence electrons. The van der Waals surface area contributed by atoms with Gasteiger partial charge >= 0.3 is 0 Å². The average Bonchev–Trinajstić information content (AvgIpc) is 2.59. The van der Waals surface area contributed by atoms with Crippen LogP contribution in [-0.2, 0) is 0 Å². The fourth-order valence-corrected chi connectivity index (χ4v) is 3.10. The van der Waals surface area contributed by atoms with Gasteiger partial charge in [-0.2, -0.15) is 0 Å². The summed E-state index contributed by atoms with van der Waals surface area (Å²) in [6, 6.07) is 0. The first kappa shape index (κ1) is 20.2. The molecular weight excluding hydrogens is 286 g/mol. The third-order valence-corrected chi connectivity index (χ3v) is 5.04. The van der Waals surface area contributed by atoms with Crippen LogP contribution in [0, 0.1) is 11.8 Å². The Morgan fingerprint density at radius 1 is 0.957 bits per heavy atom. The van der Waals surface area contributed by atoms with Crippen molar-refractivity contribution in [1.29, 1.82) is 0 Å². The summed E-state index contributed by atoms with van der Waals surface area (Å²) < 4.78 is 0. The molecule has 23 heavy (non-hydrogen) atoms. The highest BCUT2D eigenvalue weighted by Crippen LogP contribution is 2.06. The molecule has 0 spiro atoms. The van der Waals surface area contributed by atoms with E-state index in [0.29, 0.717) is 5.92 Å². The smallest absolute Gasteiger partial charge is 0.190 e. The van der Waals surface area contributed by atoms with Crippen molar-refractivity contribution in [3.05, 3.63) is 0 Å². The van der Waals surface area contributed by atoms with Gasteiger partial charge in [0.15, 0.2) is 5.96 Å². The molecule has 1 fully saturated rings. The number of nitrogens with zero attached hydrogens (tertiary/aromatic N) is 3. The highest BCUT2D eigenvalue weighted by atomic mass is 15.3. The van der Waals surface area contributed by atoms with Crippen molar-refractivity contribution in [1.82, 2.24) is 20.4 Å². The van der Waals surface area contributed by atoms with Gasteiger partial charge in [-0.1, -0.05) is 40.5 Å². The van der Waals surface area contributed by atoms with E-state index in [2.05, 4.69) is 53.1 Å². The van der Waals surface area contributed by atoms with E-state index in [9.17, 15) is 0 Å². The minimum atomic E-state index is 0.634. The van der Waals surface area contributed by atoms with Crippen molar-refractivity contribution >= 4 is 5.96 Å². The number of nitrogens with one attached hydrogen (secondary N) is 2. The Bertz CT molecular complexity index is 319. The van der Waals surface area contributed by atoms with Crippen molar-refractivity contribution in [3.8, 4) is 0 Å². The van der Waals surface area contributed by atoms with E-state index in [4.69, 9.17) is 0 Å². The summed E-state index contributed by atoms with van der Waals surface area (Å²) in [4.78, 5) is 9.47. The monoisotopic (exact) mass is 325 g/mol. The van der Waals surface area contributed by atoms with Gasteiger partial charge in [0.1, 0.15) is 0 Å². The van der Waals surface area contributed by atoms with Crippen molar-refractivity contribution in [2.75, 3.05) is 59.4 Å². The number of guanidine groups is 1. The Morgan fingerprint density at radius 2 is 1.52 bits per heavy atom. The van der Waals surface area contributed by atoms with Crippen LogP contribution in [0.25, 0.3) is 0 Å². The molecule has 1 saturated heterocycles. The fourth-order valence-electron chi connectivity index (χ4n) is 3.10. The highest BCUT2D eigenvalue weighted by molar-refractivity contribution is 5.79. The van der Waals surface area contributed by atoms with Crippen molar-refractivity contribution in [2.45, 2.75) is 40.5 Å². The van der Waals surface area contributed by atoms with Gasteiger partial charge in [0.25, 0.3) is 0 Å². The first-order valence-electron chi connectivity index (χ1n) is 9.52. The number of piperazine rings is 1. The Labute approximate surface area is 143 Å². The summed E-state index contributed by atoms with van der Waals surface area (Å²) in [5.74, 6) is 2.32. The van der Waals surface area contributed by atoms with E-state index in [1.807, 2.05) is 7.05 Å². The lowest BCUT2D eigenvalue weighted by Crippen LogP contribution is -2.48. The van der Waals surface area contributed by atoms with E-state index in [1.165, 1.54) is 52.1 Å². The topological polar surface area (TPSA) is 42.9 Å². The SMILES string of the molecule is CCC(CC)CNC(=NC)NCC(C)CN1CCN(CC)CC1. The van der Waals surface area contributed by atoms with Gasteiger partial charge in [-0.3, -0.25) is 4.99 Å². The molecule has 1 heterocycles. The van der Waals surface area contributed by atoms with Crippen molar-refractivity contribution in [3.63, 3.8) is 0 Å². The highest BCUT2D eigenvalue weighted by Gasteiger charge is 2.17. The average molecular weight is 326 g/mol. The Hall–Kier alpha value is -0.810. The van der Waals surface area contributed by atoms with Crippen LogP contribution in [0.4, 0.5) is 0 Å². The molecule has 0 aromatic carbocycles. The first-order valence-corrected chi connectivity index (χ1v) is 9.52. The number of hydrogen-bond donors (Lipinski definition) is 2. The molecule has 0 amide bonds. The van der Waals surface area contributed by atoms with E-state index < -0.39 is 0 Å². The zero-order valence-electron chi connectivity index (χ0n) is 16.1. The molecule has 1 rings (SSSR count). The number of hydrogen-bond acceptors (Lipinski definition) is 3. The summed E-state index contributed by atoms with van der Waals surface area (Å²) in [5, 5.41) is 6.95. The minimum absolute atomic E-state index is 0.634. The van der Waals surface area contributed by atoms with Gasteiger partial charge in [0.05, 0.1) is 0 Å². The van der Waals surface area contributed by atoms with Gasteiger partial charge < -0.3 is 20.4 Å². The van der Waals surface area contributed by atoms with E-state index in [1.54, 1.807) is 0 Å². The lowest BCUT2D eigenvalue weighted by molar-refractivity contribution is 0.124. The second-order valence-corrected chi connectivity index (χ2v) is 6.86. The Kier molecular flexibility index (Phi) is 10.3. The number of rotatable bonds is 9.